The van der Waals surface area contributed by atoms with E-state index in [-0.39, 0.29) is 17.4 Å². The van der Waals surface area contributed by atoms with Gasteiger partial charge in [-0.15, -0.1) is 8.78 Å². The number of ether oxygens (including phenoxy) is 2. The molecule has 2 saturated heterocycles. The second-order valence-electron chi connectivity index (χ2n) is 6.56. The molecule has 124 valence electrons. The fourth-order valence-corrected chi connectivity index (χ4v) is 3.84. The number of piperidine rings is 1. The highest BCUT2D eigenvalue weighted by Gasteiger charge is 2.43. The summed E-state index contributed by atoms with van der Waals surface area (Å²) < 4.78 is 34.7. The normalized spacial score (nSPS) is 30.3. The monoisotopic (exact) mass is 324 g/mol. The summed E-state index contributed by atoms with van der Waals surface area (Å²) in [6.45, 7) is 0. The van der Waals surface area contributed by atoms with Crippen LogP contribution in [0.5, 0.6) is 11.5 Å². The summed E-state index contributed by atoms with van der Waals surface area (Å²) in [6.07, 6.45) is 1.26. The van der Waals surface area contributed by atoms with Crippen LogP contribution < -0.4 is 20.1 Å². The molecule has 0 radical (unpaired) electrons. The Labute approximate surface area is 132 Å². The van der Waals surface area contributed by atoms with Crippen LogP contribution in [-0.4, -0.2) is 24.3 Å². The highest BCUT2D eigenvalue weighted by Crippen LogP contribution is 2.42. The van der Waals surface area contributed by atoms with Crippen LogP contribution in [0.4, 0.5) is 14.5 Å². The lowest BCUT2D eigenvalue weighted by atomic mass is 9.89. The molecule has 0 spiro atoms. The smallest absolute Gasteiger partial charge is 0.395 e. The second-order valence-corrected chi connectivity index (χ2v) is 6.56. The Bertz CT molecular complexity index is 626. The van der Waals surface area contributed by atoms with Gasteiger partial charge in [0, 0.05) is 30.3 Å². The molecule has 1 aromatic rings. The third kappa shape index (κ3) is 3.10. The molecule has 3 aliphatic rings. The van der Waals surface area contributed by atoms with E-state index in [4.69, 9.17) is 0 Å². The second kappa shape index (κ2) is 5.33. The number of hydrogen-bond acceptors (Lipinski definition) is 4. The van der Waals surface area contributed by atoms with Gasteiger partial charge < -0.3 is 20.1 Å². The zero-order valence-electron chi connectivity index (χ0n) is 12.5. The summed E-state index contributed by atoms with van der Waals surface area (Å²) in [5.74, 6) is 0.199. The zero-order valence-corrected chi connectivity index (χ0v) is 12.5. The summed E-state index contributed by atoms with van der Waals surface area (Å²) in [6, 6.07) is 5.35. The Balaban J connectivity index is 1.36. The molecule has 2 N–H and O–H groups in total. The molecule has 1 aromatic carbocycles. The maximum absolute atomic E-state index is 13.0. The number of fused-ring (bicyclic) bond motifs is 3. The van der Waals surface area contributed by atoms with Crippen LogP contribution in [0.1, 0.15) is 32.1 Å². The lowest BCUT2D eigenvalue weighted by Crippen LogP contribution is -2.39. The van der Waals surface area contributed by atoms with Crippen molar-refractivity contribution < 1.29 is 23.0 Å². The van der Waals surface area contributed by atoms with Crippen LogP contribution in [-0.2, 0) is 4.79 Å². The van der Waals surface area contributed by atoms with Gasteiger partial charge in [0.15, 0.2) is 11.5 Å². The lowest BCUT2D eigenvalue weighted by Gasteiger charge is -2.28. The highest BCUT2D eigenvalue weighted by atomic mass is 19.3. The zero-order chi connectivity index (χ0) is 16.0. The average molecular weight is 324 g/mol. The molecule has 2 unspecified atom stereocenters. The van der Waals surface area contributed by atoms with Crippen molar-refractivity contribution in [2.24, 2.45) is 5.92 Å². The molecular weight excluding hydrogens is 306 g/mol. The van der Waals surface area contributed by atoms with Gasteiger partial charge in [-0.1, -0.05) is 0 Å². The Morgan fingerprint density at radius 2 is 1.91 bits per heavy atom. The first kappa shape index (κ1) is 14.7. The van der Waals surface area contributed by atoms with E-state index in [0.717, 1.165) is 12.8 Å². The number of rotatable bonds is 3. The standard InChI is InChI=1S/C16H18F2N2O3/c17-16(18)22-13-4-3-12(8-14(13)23-16)20-15(21)7-9-5-10-1-2-11(6-9)19-10/h3-4,8-11,19H,1-2,5-7H2,(H,20,21). The van der Waals surface area contributed by atoms with Crippen molar-refractivity contribution in [3.8, 4) is 11.5 Å². The molecule has 4 rings (SSSR count). The van der Waals surface area contributed by atoms with Crippen molar-refractivity contribution in [3.63, 3.8) is 0 Å². The molecule has 3 aliphatic heterocycles. The minimum absolute atomic E-state index is 0.0251. The van der Waals surface area contributed by atoms with E-state index in [9.17, 15) is 13.6 Å². The number of amides is 1. The molecule has 0 aliphatic carbocycles. The molecule has 2 bridgehead atoms. The number of carbonyl (C=O) groups excluding carboxylic acids is 1. The number of alkyl halides is 2. The minimum atomic E-state index is -3.64. The Hall–Kier alpha value is -1.89. The predicted octanol–water partition coefficient (Wildman–Crippen LogP) is 2.87. The molecule has 23 heavy (non-hydrogen) atoms. The summed E-state index contributed by atoms with van der Waals surface area (Å²) in [5.41, 5.74) is 0.437. The van der Waals surface area contributed by atoms with Crippen LogP contribution in [0.15, 0.2) is 18.2 Å². The SMILES string of the molecule is O=C(CC1CC2CCC(C1)N2)Nc1ccc2c(c1)OC(F)(F)O2. The Morgan fingerprint density at radius 3 is 2.65 bits per heavy atom. The fourth-order valence-electron chi connectivity index (χ4n) is 3.84. The summed E-state index contributed by atoms with van der Waals surface area (Å²) >= 11 is 0. The number of hydrogen-bond donors (Lipinski definition) is 2. The molecule has 7 heteroatoms. The first-order chi connectivity index (χ1) is 11.0. The maximum atomic E-state index is 13.0. The van der Waals surface area contributed by atoms with Crippen molar-refractivity contribution in [2.45, 2.75) is 50.5 Å². The van der Waals surface area contributed by atoms with Gasteiger partial charge in [-0.3, -0.25) is 4.79 Å². The van der Waals surface area contributed by atoms with E-state index in [2.05, 4.69) is 20.1 Å². The number of nitrogens with one attached hydrogen (secondary N) is 2. The molecule has 1 amide bonds. The van der Waals surface area contributed by atoms with Gasteiger partial charge in [-0.05, 0) is 43.7 Å². The predicted molar refractivity (Wildman–Crippen MR) is 78.6 cm³/mol. The molecule has 2 atom stereocenters. The van der Waals surface area contributed by atoms with Crippen molar-refractivity contribution >= 4 is 11.6 Å². The average Bonchev–Trinajstić information content (AvgIpc) is 2.95. The Kier molecular flexibility index (Phi) is 3.41. The number of anilines is 1. The van der Waals surface area contributed by atoms with Gasteiger partial charge in [0.2, 0.25) is 5.91 Å². The van der Waals surface area contributed by atoms with Crippen molar-refractivity contribution in [1.82, 2.24) is 5.32 Å². The molecular formula is C16H18F2N2O3. The number of halogens is 2. The quantitative estimate of drug-likeness (QED) is 0.897. The number of benzene rings is 1. The fraction of sp³-hybridized carbons (Fsp3) is 0.562. The summed E-state index contributed by atoms with van der Waals surface area (Å²) in [7, 11) is 0. The Morgan fingerprint density at radius 1 is 1.22 bits per heavy atom. The van der Waals surface area contributed by atoms with Crippen LogP contribution in [0, 0.1) is 5.92 Å². The van der Waals surface area contributed by atoms with Crippen LogP contribution in [0.3, 0.4) is 0 Å². The minimum Gasteiger partial charge on any atom is -0.395 e. The maximum Gasteiger partial charge on any atom is 0.586 e. The largest absolute Gasteiger partial charge is 0.586 e. The molecule has 2 fully saturated rings. The van der Waals surface area contributed by atoms with Gasteiger partial charge in [0.05, 0.1) is 0 Å². The van der Waals surface area contributed by atoms with Crippen molar-refractivity contribution in [3.05, 3.63) is 18.2 Å². The summed E-state index contributed by atoms with van der Waals surface area (Å²) in [4.78, 5) is 12.2. The van der Waals surface area contributed by atoms with Gasteiger partial charge in [0.1, 0.15) is 0 Å². The van der Waals surface area contributed by atoms with E-state index >= 15 is 0 Å². The van der Waals surface area contributed by atoms with E-state index in [1.165, 1.54) is 31.0 Å². The van der Waals surface area contributed by atoms with Crippen LogP contribution >= 0.6 is 0 Å². The van der Waals surface area contributed by atoms with Gasteiger partial charge >= 0.3 is 6.29 Å². The van der Waals surface area contributed by atoms with E-state index < -0.39 is 6.29 Å². The van der Waals surface area contributed by atoms with Gasteiger partial charge in [-0.25, -0.2) is 0 Å². The first-order valence-corrected chi connectivity index (χ1v) is 7.93. The third-order valence-electron chi connectivity index (χ3n) is 4.73. The lowest BCUT2D eigenvalue weighted by molar-refractivity contribution is -0.286. The third-order valence-corrected chi connectivity index (χ3v) is 4.73. The van der Waals surface area contributed by atoms with Gasteiger partial charge in [0.25, 0.3) is 0 Å². The first-order valence-electron chi connectivity index (χ1n) is 7.93. The van der Waals surface area contributed by atoms with Crippen LogP contribution in [0.2, 0.25) is 0 Å². The van der Waals surface area contributed by atoms with E-state index in [0.29, 0.717) is 30.1 Å². The summed E-state index contributed by atoms with van der Waals surface area (Å²) in [5, 5.41) is 6.30. The van der Waals surface area contributed by atoms with Crippen LogP contribution in [0.25, 0.3) is 0 Å². The highest BCUT2D eigenvalue weighted by molar-refractivity contribution is 5.91. The molecule has 3 heterocycles. The molecule has 5 nitrogen and oxygen atoms in total. The topological polar surface area (TPSA) is 59.6 Å². The van der Waals surface area contributed by atoms with Crippen molar-refractivity contribution in [2.75, 3.05) is 5.32 Å². The number of carbonyl (C=O) groups is 1. The van der Waals surface area contributed by atoms with Crippen molar-refractivity contribution in [1.29, 1.82) is 0 Å². The van der Waals surface area contributed by atoms with E-state index in [1.807, 2.05) is 0 Å². The van der Waals surface area contributed by atoms with E-state index in [1.54, 1.807) is 0 Å². The molecule has 0 saturated carbocycles. The van der Waals surface area contributed by atoms with Gasteiger partial charge in [-0.2, -0.15) is 0 Å². The molecule has 0 aromatic heterocycles.